The Hall–Kier alpha value is -1.49. The second-order valence-electron chi connectivity index (χ2n) is 8.44. The summed E-state index contributed by atoms with van der Waals surface area (Å²) >= 11 is 0. The second-order valence-corrected chi connectivity index (χ2v) is 12.5. The van der Waals surface area contributed by atoms with Gasteiger partial charge in [-0.15, -0.1) is 0 Å². The lowest BCUT2D eigenvalue weighted by Crippen LogP contribution is -2.52. The number of nitrogens with zero attached hydrogens (tertiary/aromatic N) is 2. The first-order valence-electron chi connectivity index (χ1n) is 10.2. The topological polar surface area (TPSA) is 104 Å². The Labute approximate surface area is 179 Å². The number of carbonyl (C=O) groups is 1. The molecule has 0 saturated carbocycles. The van der Waals surface area contributed by atoms with Gasteiger partial charge in [0.15, 0.2) is 9.84 Å². The number of sulfonamides is 1. The number of amides is 1. The highest BCUT2D eigenvalue weighted by Gasteiger charge is 2.33. The molecule has 1 amide bonds. The molecule has 30 heavy (non-hydrogen) atoms. The van der Waals surface area contributed by atoms with Crippen molar-refractivity contribution in [1.82, 2.24) is 14.5 Å². The number of hydrogen-bond acceptors (Lipinski definition) is 6. The predicted molar refractivity (Wildman–Crippen MR) is 116 cm³/mol. The fraction of sp³-hybridized carbons (Fsp3) is 0.650. The van der Waals surface area contributed by atoms with Crippen LogP contribution in [0.25, 0.3) is 0 Å². The summed E-state index contributed by atoms with van der Waals surface area (Å²) < 4.78 is 51.2. The van der Waals surface area contributed by atoms with Crippen molar-refractivity contribution < 1.29 is 21.6 Å². The van der Waals surface area contributed by atoms with Gasteiger partial charge in [0.05, 0.1) is 22.9 Å². The zero-order chi connectivity index (χ0) is 22.3. The Bertz CT molecular complexity index is 1020. The van der Waals surface area contributed by atoms with Crippen LogP contribution in [0.2, 0.25) is 0 Å². The van der Waals surface area contributed by atoms with Crippen molar-refractivity contribution in [2.75, 3.05) is 44.2 Å². The van der Waals surface area contributed by atoms with Gasteiger partial charge in [-0.05, 0) is 56.4 Å². The van der Waals surface area contributed by atoms with Crippen LogP contribution in [0.1, 0.15) is 28.7 Å². The molecule has 0 radical (unpaired) electrons. The number of aryl methyl sites for hydroxylation is 2. The first-order chi connectivity index (χ1) is 13.9. The van der Waals surface area contributed by atoms with E-state index in [1.54, 1.807) is 0 Å². The fourth-order valence-electron chi connectivity index (χ4n) is 4.21. The van der Waals surface area contributed by atoms with E-state index in [4.69, 9.17) is 0 Å². The van der Waals surface area contributed by atoms with Gasteiger partial charge in [-0.1, -0.05) is 6.07 Å². The Balaban J connectivity index is 1.61. The highest BCUT2D eigenvalue weighted by Crippen LogP contribution is 2.29. The summed E-state index contributed by atoms with van der Waals surface area (Å²) in [5.41, 5.74) is 3.49. The van der Waals surface area contributed by atoms with E-state index in [2.05, 4.69) is 5.32 Å². The minimum Gasteiger partial charge on any atom is -0.351 e. The molecule has 0 aliphatic carbocycles. The lowest BCUT2D eigenvalue weighted by molar-refractivity contribution is -0.123. The van der Waals surface area contributed by atoms with Gasteiger partial charge in [0.25, 0.3) is 0 Å². The Morgan fingerprint density at radius 2 is 1.63 bits per heavy atom. The lowest BCUT2D eigenvalue weighted by atomic mass is 10.0. The van der Waals surface area contributed by atoms with E-state index >= 15 is 0 Å². The van der Waals surface area contributed by atoms with Gasteiger partial charge in [-0.25, -0.2) is 16.8 Å². The molecular weight excluding hydrogens is 426 g/mol. The lowest BCUT2D eigenvalue weighted by Gasteiger charge is -2.34. The van der Waals surface area contributed by atoms with Crippen LogP contribution in [0.5, 0.6) is 0 Å². The first-order valence-corrected chi connectivity index (χ1v) is 13.5. The molecule has 168 valence electrons. The maximum Gasteiger partial charge on any atom is 0.243 e. The Morgan fingerprint density at radius 1 is 1.07 bits per heavy atom. The third-order valence-electron chi connectivity index (χ3n) is 6.19. The minimum atomic E-state index is -3.61. The van der Waals surface area contributed by atoms with Gasteiger partial charge in [0.2, 0.25) is 15.9 Å². The highest BCUT2D eigenvalue weighted by molar-refractivity contribution is 7.91. The first kappa shape index (κ1) is 23.2. The molecular formula is C20H31N3O5S2. The molecule has 2 aliphatic rings. The minimum absolute atomic E-state index is 0.000622. The van der Waals surface area contributed by atoms with Crippen LogP contribution >= 0.6 is 0 Å². The third kappa shape index (κ3) is 4.87. The van der Waals surface area contributed by atoms with Crippen LogP contribution in [0.3, 0.4) is 0 Å². The maximum absolute atomic E-state index is 13.3. The van der Waals surface area contributed by atoms with Crippen LogP contribution in [-0.2, 0) is 24.7 Å². The number of piperazine rings is 1. The summed E-state index contributed by atoms with van der Waals surface area (Å²) in [6.07, 6.45) is 0.453. The van der Waals surface area contributed by atoms with E-state index in [1.807, 2.05) is 38.7 Å². The van der Waals surface area contributed by atoms with Crippen LogP contribution < -0.4 is 5.32 Å². The summed E-state index contributed by atoms with van der Waals surface area (Å²) in [6, 6.07) is 1.69. The second kappa shape index (κ2) is 8.57. The molecule has 2 aliphatic heterocycles. The van der Waals surface area contributed by atoms with Crippen LogP contribution in [-0.4, -0.2) is 82.2 Å². The molecule has 0 unspecified atom stereocenters. The van der Waals surface area contributed by atoms with Crippen molar-refractivity contribution in [2.45, 2.75) is 45.1 Å². The van der Waals surface area contributed by atoms with E-state index in [0.29, 0.717) is 37.5 Å². The van der Waals surface area contributed by atoms with Crippen LogP contribution in [0.15, 0.2) is 11.0 Å². The summed E-state index contributed by atoms with van der Waals surface area (Å²) in [5, 5.41) is 2.78. The Morgan fingerprint density at radius 3 is 2.13 bits per heavy atom. The monoisotopic (exact) mass is 457 g/mol. The summed E-state index contributed by atoms with van der Waals surface area (Å²) in [7, 11) is -6.65. The molecule has 2 saturated heterocycles. The van der Waals surface area contributed by atoms with E-state index < -0.39 is 19.9 Å². The standard InChI is InChI=1S/C20H31N3O5S2/c1-14-11-15(2)17(4)20(16(14)3)30(27,28)23-8-6-22(7-9-23)12-19(24)21-18-5-10-29(25,26)13-18/h11,18H,5-10,12-13H2,1-4H3,(H,21,24)/t18-/m1/s1. The molecule has 0 bridgehead atoms. The van der Waals surface area contributed by atoms with E-state index in [9.17, 15) is 21.6 Å². The van der Waals surface area contributed by atoms with Crippen molar-refractivity contribution in [3.05, 3.63) is 28.3 Å². The molecule has 1 aromatic carbocycles. The van der Waals surface area contributed by atoms with Gasteiger partial charge < -0.3 is 5.32 Å². The summed E-state index contributed by atoms with van der Waals surface area (Å²) in [4.78, 5) is 14.6. The summed E-state index contributed by atoms with van der Waals surface area (Å²) in [6.45, 7) is 9.23. The molecule has 2 heterocycles. The van der Waals surface area contributed by atoms with Gasteiger partial charge in [0, 0.05) is 32.2 Å². The van der Waals surface area contributed by atoms with E-state index in [0.717, 1.165) is 22.3 Å². The van der Waals surface area contributed by atoms with Gasteiger partial charge in [-0.3, -0.25) is 9.69 Å². The van der Waals surface area contributed by atoms with Crippen molar-refractivity contribution in [2.24, 2.45) is 0 Å². The van der Waals surface area contributed by atoms with E-state index in [1.165, 1.54) is 4.31 Å². The normalized spacial score (nSPS) is 22.9. The number of nitrogens with one attached hydrogen (secondary N) is 1. The zero-order valence-corrected chi connectivity index (χ0v) is 19.7. The Kier molecular flexibility index (Phi) is 6.62. The number of carbonyl (C=O) groups excluding carboxylic acids is 1. The van der Waals surface area contributed by atoms with E-state index in [-0.39, 0.29) is 30.0 Å². The molecule has 1 aromatic rings. The van der Waals surface area contributed by atoms with Crippen LogP contribution in [0, 0.1) is 27.7 Å². The quantitative estimate of drug-likeness (QED) is 0.692. The molecule has 1 atom stereocenters. The number of rotatable bonds is 5. The fourth-order valence-corrected chi connectivity index (χ4v) is 7.88. The molecule has 0 spiro atoms. The number of sulfone groups is 1. The maximum atomic E-state index is 13.3. The van der Waals surface area contributed by atoms with Crippen molar-refractivity contribution in [3.63, 3.8) is 0 Å². The number of benzene rings is 1. The van der Waals surface area contributed by atoms with Gasteiger partial charge in [-0.2, -0.15) is 4.31 Å². The summed E-state index contributed by atoms with van der Waals surface area (Å²) in [5.74, 6) is -0.0973. The SMILES string of the molecule is Cc1cc(C)c(C)c(S(=O)(=O)N2CCN(CC(=O)N[C@@H]3CCS(=O)(=O)C3)CC2)c1C. The third-order valence-corrected chi connectivity index (χ3v) is 10.1. The average molecular weight is 458 g/mol. The molecule has 10 heteroatoms. The molecule has 0 aromatic heterocycles. The van der Waals surface area contributed by atoms with Crippen LogP contribution in [0.4, 0.5) is 0 Å². The number of hydrogen-bond donors (Lipinski definition) is 1. The zero-order valence-electron chi connectivity index (χ0n) is 18.1. The molecule has 2 fully saturated rings. The molecule has 1 N–H and O–H groups in total. The smallest absolute Gasteiger partial charge is 0.243 e. The van der Waals surface area contributed by atoms with Gasteiger partial charge >= 0.3 is 0 Å². The average Bonchev–Trinajstić information content (AvgIpc) is 2.98. The van der Waals surface area contributed by atoms with Crippen molar-refractivity contribution in [3.8, 4) is 0 Å². The predicted octanol–water partition coefficient (Wildman–Crippen LogP) is 0.530. The largest absolute Gasteiger partial charge is 0.351 e. The van der Waals surface area contributed by atoms with Crippen molar-refractivity contribution >= 4 is 25.8 Å². The highest BCUT2D eigenvalue weighted by atomic mass is 32.2. The van der Waals surface area contributed by atoms with Crippen molar-refractivity contribution in [1.29, 1.82) is 0 Å². The molecule has 8 nitrogen and oxygen atoms in total. The van der Waals surface area contributed by atoms with Gasteiger partial charge in [0.1, 0.15) is 0 Å². The molecule has 3 rings (SSSR count).